The van der Waals surface area contributed by atoms with E-state index in [1.807, 2.05) is 18.2 Å². The molecule has 138 valence electrons. The van der Waals surface area contributed by atoms with Gasteiger partial charge in [0, 0.05) is 42.1 Å². The van der Waals surface area contributed by atoms with Crippen LogP contribution in [-0.4, -0.2) is 43.2 Å². The number of fused-ring (bicyclic) bond motifs is 1. The van der Waals surface area contributed by atoms with Gasteiger partial charge in [-0.05, 0) is 37.0 Å². The summed E-state index contributed by atoms with van der Waals surface area (Å²) in [4.78, 5) is 14.9. The molecule has 2 heterocycles. The van der Waals surface area contributed by atoms with Gasteiger partial charge in [0.15, 0.2) is 0 Å². The van der Waals surface area contributed by atoms with Crippen LogP contribution >= 0.6 is 15.9 Å². The Morgan fingerprint density at radius 1 is 1.28 bits per heavy atom. The first-order valence-electron chi connectivity index (χ1n) is 9.23. The Labute approximate surface area is 158 Å². The summed E-state index contributed by atoms with van der Waals surface area (Å²) in [6, 6.07) is 6.15. The maximum atomic E-state index is 12.4. The first-order valence-corrected chi connectivity index (χ1v) is 10.0. The fraction of sp³-hybridized carbons (Fsp3) is 0.632. The van der Waals surface area contributed by atoms with Crippen molar-refractivity contribution < 1.29 is 9.53 Å². The van der Waals surface area contributed by atoms with Crippen LogP contribution in [0.1, 0.15) is 44.7 Å². The van der Waals surface area contributed by atoms with Crippen molar-refractivity contribution in [3.8, 4) is 5.75 Å². The van der Waals surface area contributed by atoms with Crippen molar-refractivity contribution in [1.29, 1.82) is 0 Å². The Bertz CT molecular complexity index is 600. The molecule has 0 bridgehead atoms. The smallest absolute Gasteiger partial charge is 0.315 e. The zero-order chi connectivity index (χ0) is 17.8. The minimum Gasteiger partial charge on any atom is -0.493 e. The molecular weight excluding hydrogens is 382 g/mol. The Hall–Kier alpha value is -1.27. The third kappa shape index (κ3) is 5.11. The van der Waals surface area contributed by atoms with Crippen molar-refractivity contribution in [3.05, 3.63) is 28.2 Å². The molecule has 1 aromatic carbocycles. The van der Waals surface area contributed by atoms with Gasteiger partial charge in [0.25, 0.3) is 0 Å². The van der Waals surface area contributed by atoms with Gasteiger partial charge in [-0.1, -0.05) is 29.8 Å². The summed E-state index contributed by atoms with van der Waals surface area (Å²) in [6.07, 6.45) is 2.84. The van der Waals surface area contributed by atoms with Crippen LogP contribution in [-0.2, 0) is 0 Å². The van der Waals surface area contributed by atoms with Crippen molar-refractivity contribution in [1.82, 2.24) is 15.5 Å². The highest BCUT2D eigenvalue weighted by atomic mass is 79.9. The number of hydrogen-bond acceptors (Lipinski definition) is 3. The molecule has 1 aromatic rings. The average molecular weight is 410 g/mol. The van der Waals surface area contributed by atoms with Crippen LogP contribution in [0.2, 0.25) is 0 Å². The third-order valence-electron chi connectivity index (χ3n) is 4.86. The van der Waals surface area contributed by atoms with Gasteiger partial charge >= 0.3 is 6.03 Å². The number of piperidine rings is 1. The number of ether oxygens (including phenoxy) is 1. The highest BCUT2D eigenvalue weighted by molar-refractivity contribution is 9.10. The van der Waals surface area contributed by atoms with Gasteiger partial charge in [-0.2, -0.15) is 0 Å². The Kier molecular flexibility index (Phi) is 6.23. The Morgan fingerprint density at radius 2 is 2.04 bits per heavy atom. The zero-order valence-corrected chi connectivity index (χ0v) is 16.6. The van der Waals surface area contributed by atoms with Gasteiger partial charge < -0.3 is 20.3 Å². The van der Waals surface area contributed by atoms with Crippen LogP contribution in [0, 0.1) is 5.92 Å². The second-order valence-electron chi connectivity index (χ2n) is 7.46. The van der Waals surface area contributed by atoms with E-state index in [4.69, 9.17) is 4.74 Å². The van der Waals surface area contributed by atoms with Crippen molar-refractivity contribution in [3.63, 3.8) is 0 Å². The van der Waals surface area contributed by atoms with Crippen LogP contribution in [0.4, 0.5) is 4.79 Å². The largest absolute Gasteiger partial charge is 0.493 e. The van der Waals surface area contributed by atoms with E-state index in [2.05, 4.69) is 45.3 Å². The number of rotatable bonds is 4. The molecule has 1 atom stereocenters. The van der Waals surface area contributed by atoms with E-state index in [9.17, 15) is 4.79 Å². The van der Waals surface area contributed by atoms with E-state index < -0.39 is 0 Å². The monoisotopic (exact) mass is 409 g/mol. The number of hydrogen-bond donors (Lipinski definition) is 2. The minimum absolute atomic E-state index is 0.00211. The number of carbonyl (C=O) groups excluding carboxylic acids is 1. The highest BCUT2D eigenvalue weighted by Gasteiger charge is 2.25. The summed E-state index contributed by atoms with van der Waals surface area (Å²) in [5.41, 5.74) is 1.04. The molecule has 6 heteroatoms. The lowest BCUT2D eigenvalue weighted by Crippen LogP contribution is -2.49. The van der Waals surface area contributed by atoms with Gasteiger partial charge in [0.2, 0.25) is 0 Å². The molecule has 0 unspecified atom stereocenters. The van der Waals surface area contributed by atoms with Crippen LogP contribution in [0.5, 0.6) is 5.75 Å². The number of nitrogens with one attached hydrogen (secondary N) is 2. The zero-order valence-electron chi connectivity index (χ0n) is 15.1. The van der Waals surface area contributed by atoms with Gasteiger partial charge in [-0.25, -0.2) is 4.79 Å². The number of urea groups is 1. The molecule has 1 fully saturated rings. The number of likely N-dealkylation sites (tertiary alicyclic amines) is 1. The molecule has 0 saturated carbocycles. The summed E-state index contributed by atoms with van der Waals surface area (Å²) in [6.45, 7) is 8.41. The van der Waals surface area contributed by atoms with Crippen LogP contribution in [0.15, 0.2) is 22.7 Å². The summed E-state index contributed by atoms with van der Waals surface area (Å²) < 4.78 is 6.69. The highest BCUT2D eigenvalue weighted by Crippen LogP contribution is 2.34. The molecule has 25 heavy (non-hydrogen) atoms. The predicted molar refractivity (Wildman–Crippen MR) is 103 cm³/mol. The third-order valence-corrected chi connectivity index (χ3v) is 5.36. The van der Waals surface area contributed by atoms with E-state index in [0.717, 1.165) is 54.7 Å². The molecule has 0 spiro atoms. The second kappa shape index (κ2) is 8.41. The molecule has 0 aliphatic carbocycles. The topological polar surface area (TPSA) is 53.6 Å². The lowest BCUT2D eigenvalue weighted by Gasteiger charge is -2.34. The van der Waals surface area contributed by atoms with E-state index in [1.165, 1.54) is 0 Å². The quantitative estimate of drug-likeness (QED) is 0.796. The molecule has 5 nitrogen and oxygen atoms in total. The Morgan fingerprint density at radius 3 is 2.76 bits per heavy atom. The normalized spacial score (nSPS) is 21.5. The molecule has 1 saturated heterocycles. The number of benzene rings is 1. The first kappa shape index (κ1) is 18.5. The van der Waals surface area contributed by atoms with Gasteiger partial charge in [-0.15, -0.1) is 0 Å². The predicted octanol–water partition coefficient (Wildman–Crippen LogP) is 3.69. The van der Waals surface area contributed by atoms with Gasteiger partial charge in [0.1, 0.15) is 5.75 Å². The summed E-state index contributed by atoms with van der Waals surface area (Å²) in [5.74, 6) is 1.56. The number of nitrogens with zero attached hydrogens (tertiary/aromatic N) is 1. The number of amides is 2. The molecule has 0 aromatic heterocycles. The van der Waals surface area contributed by atoms with Crippen LogP contribution < -0.4 is 15.4 Å². The maximum absolute atomic E-state index is 12.4. The molecule has 2 amide bonds. The molecule has 2 aliphatic heterocycles. The van der Waals surface area contributed by atoms with Crippen molar-refractivity contribution in [2.24, 2.45) is 5.92 Å². The molecular formula is C19H28BrN3O2. The fourth-order valence-corrected chi connectivity index (χ4v) is 4.06. The summed E-state index contributed by atoms with van der Waals surface area (Å²) in [5, 5.41) is 6.28. The fourth-order valence-electron chi connectivity index (χ4n) is 3.68. The van der Waals surface area contributed by atoms with Crippen LogP contribution in [0.3, 0.4) is 0 Å². The number of halogens is 1. The standard InChI is InChI=1S/C19H28BrN3O2/c1-13(2)12-23-8-5-15(6-9-23)21-19(24)22-17-7-10-25-18-4-3-14(20)11-16(17)18/h3-4,11,13,15,17H,5-10,12H2,1-2H3,(H2,21,22,24)/t17-/m0/s1. The van der Waals surface area contributed by atoms with E-state index in [0.29, 0.717) is 12.5 Å². The SMILES string of the molecule is CC(C)CN1CCC(NC(=O)N[C@H]2CCOc3ccc(Br)cc32)CC1. The van der Waals surface area contributed by atoms with Crippen LogP contribution in [0.25, 0.3) is 0 Å². The average Bonchev–Trinajstić information content (AvgIpc) is 2.57. The van der Waals surface area contributed by atoms with Gasteiger partial charge in [0.05, 0.1) is 12.6 Å². The molecule has 0 radical (unpaired) electrons. The molecule has 2 aliphatic rings. The lowest BCUT2D eigenvalue weighted by molar-refractivity contribution is 0.176. The van der Waals surface area contributed by atoms with Crippen molar-refractivity contribution in [2.75, 3.05) is 26.2 Å². The first-order chi connectivity index (χ1) is 12.0. The molecule has 3 rings (SSSR count). The molecule has 2 N–H and O–H groups in total. The van der Waals surface area contributed by atoms with E-state index in [1.54, 1.807) is 0 Å². The summed E-state index contributed by atoms with van der Waals surface area (Å²) in [7, 11) is 0. The lowest BCUT2D eigenvalue weighted by atomic mass is 10.0. The van der Waals surface area contributed by atoms with E-state index >= 15 is 0 Å². The minimum atomic E-state index is -0.0693. The maximum Gasteiger partial charge on any atom is 0.315 e. The second-order valence-corrected chi connectivity index (χ2v) is 8.37. The summed E-state index contributed by atoms with van der Waals surface area (Å²) >= 11 is 3.50. The van der Waals surface area contributed by atoms with Crippen molar-refractivity contribution >= 4 is 22.0 Å². The van der Waals surface area contributed by atoms with Crippen molar-refractivity contribution in [2.45, 2.75) is 45.2 Å². The Balaban J connectivity index is 1.50. The van der Waals surface area contributed by atoms with E-state index in [-0.39, 0.29) is 18.1 Å². The number of carbonyl (C=O) groups is 1. The van der Waals surface area contributed by atoms with Gasteiger partial charge in [-0.3, -0.25) is 0 Å².